The molecule has 0 saturated carbocycles. The van der Waals surface area contributed by atoms with Crippen LogP contribution in [0.4, 0.5) is 24.7 Å². The van der Waals surface area contributed by atoms with Gasteiger partial charge in [0.1, 0.15) is 5.82 Å². The number of nitrogens with two attached hydrogens (primary N) is 1. The highest BCUT2D eigenvalue weighted by Crippen LogP contribution is 2.34. The van der Waals surface area contributed by atoms with Crippen LogP contribution in [-0.2, 0) is 6.18 Å². The molecule has 2 atom stereocenters. The zero-order chi connectivity index (χ0) is 21.3. The first kappa shape index (κ1) is 21.6. The van der Waals surface area contributed by atoms with Gasteiger partial charge in [0.25, 0.3) is 0 Å². The van der Waals surface area contributed by atoms with Crippen molar-refractivity contribution in [2.24, 2.45) is 0 Å². The van der Waals surface area contributed by atoms with Crippen LogP contribution >= 0.6 is 34.2 Å². The van der Waals surface area contributed by atoms with E-state index in [1.54, 1.807) is 19.1 Å². The van der Waals surface area contributed by atoms with Crippen molar-refractivity contribution in [1.82, 2.24) is 19.5 Å². The van der Waals surface area contributed by atoms with Crippen LogP contribution in [0.15, 0.2) is 36.7 Å². The van der Waals surface area contributed by atoms with Crippen LogP contribution in [0.5, 0.6) is 0 Å². The van der Waals surface area contributed by atoms with E-state index >= 15 is 0 Å². The average molecular weight is 537 g/mol. The molecule has 0 aliphatic heterocycles. The van der Waals surface area contributed by atoms with E-state index in [2.05, 4.69) is 20.3 Å². The lowest BCUT2D eigenvalue weighted by molar-refractivity contribution is -0.140. The number of anilines is 2. The molecule has 0 aliphatic carbocycles. The third-order valence-electron chi connectivity index (χ3n) is 4.22. The minimum absolute atomic E-state index is 0.0736. The summed E-state index contributed by atoms with van der Waals surface area (Å²) in [4.78, 5) is 11.7. The summed E-state index contributed by atoms with van der Waals surface area (Å²) < 4.78 is 40.6. The predicted molar refractivity (Wildman–Crippen MR) is 115 cm³/mol. The van der Waals surface area contributed by atoms with Crippen LogP contribution in [-0.4, -0.2) is 19.5 Å². The molecule has 2 unspecified atom stereocenters. The minimum atomic E-state index is -4.50. The van der Waals surface area contributed by atoms with Gasteiger partial charge in [-0.05, 0) is 31.0 Å². The van der Waals surface area contributed by atoms with Crippen LogP contribution in [0.25, 0.3) is 11.4 Å². The summed E-state index contributed by atoms with van der Waals surface area (Å²) >= 11 is 7.85. The average Bonchev–Trinajstić information content (AvgIpc) is 3.11. The Labute approximate surface area is 183 Å². The summed E-state index contributed by atoms with van der Waals surface area (Å²) in [6, 6.07) is 6.93. The van der Waals surface area contributed by atoms with Gasteiger partial charge in [-0.25, -0.2) is 9.97 Å². The number of benzene rings is 1. The van der Waals surface area contributed by atoms with Gasteiger partial charge >= 0.3 is 6.18 Å². The van der Waals surface area contributed by atoms with E-state index in [4.69, 9.17) is 17.3 Å². The smallest absolute Gasteiger partial charge is 0.394 e. The molecule has 2 aromatic heterocycles. The number of aromatic nitrogens is 4. The second kappa shape index (κ2) is 8.34. The standard InChI is InChI=1S/C18H17ClF3IN6/c1-9(26-15-13(24)7-25-17(19)28-15)11-3-5-12(6-4-11)16-27-14(18(20,21)22)8-29(16)10(2)23/h3-10H,24H2,1-2H3,(H,25,26,28). The molecule has 11 heteroatoms. The first-order valence-corrected chi connectivity index (χ1v) is 10.1. The number of nitrogens with one attached hydrogen (secondary N) is 1. The molecule has 0 bridgehead atoms. The number of rotatable bonds is 5. The SMILES string of the molecule is CC(Nc1nc(Cl)ncc1N)c1ccc(-c2nc(C(F)(F)F)cn2C(C)I)cc1. The fraction of sp³-hybridized carbons (Fsp3) is 0.278. The third-order valence-corrected chi connectivity index (χ3v) is 5.00. The fourth-order valence-corrected chi connectivity index (χ4v) is 3.27. The Hall–Kier alpha value is -2.08. The molecule has 3 aromatic rings. The summed E-state index contributed by atoms with van der Waals surface area (Å²) in [5.41, 5.74) is 6.77. The van der Waals surface area contributed by atoms with E-state index in [0.29, 0.717) is 17.1 Å². The first-order valence-electron chi connectivity index (χ1n) is 8.51. The number of halogens is 5. The summed E-state index contributed by atoms with van der Waals surface area (Å²) in [5.74, 6) is 0.670. The van der Waals surface area contributed by atoms with Gasteiger partial charge in [-0.15, -0.1) is 0 Å². The number of nitrogens with zero attached hydrogens (tertiary/aromatic N) is 4. The van der Waals surface area contributed by atoms with Crippen molar-refractivity contribution in [2.45, 2.75) is 30.1 Å². The quantitative estimate of drug-likeness (QED) is 0.248. The van der Waals surface area contributed by atoms with E-state index in [1.807, 2.05) is 41.6 Å². The highest BCUT2D eigenvalue weighted by Gasteiger charge is 2.35. The van der Waals surface area contributed by atoms with E-state index in [9.17, 15) is 13.2 Å². The zero-order valence-corrected chi connectivity index (χ0v) is 18.3. The molecule has 2 heterocycles. The zero-order valence-electron chi connectivity index (χ0n) is 15.4. The molecule has 6 nitrogen and oxygen atoms in total. The lowest BCUT2D eigenvalue weighted by atomic mass is 10.1. The summed E-state index contributed by atoms with van der Waals surface area (Å²) in [6.45, 7) is 3.70. The van der Waals surface area contributed by atoms with Crippen molar-refractivity contribution >= 4 is 45.7 Å². The van der Waals surface area contributed by atoms with Gasteiger partial charge in [0.2, 0.25) is 5.28 Å². The molecular weight excluding hydrogens is 520 g/mol. The molecule has 3 rings (SSSR count). The van der Waals surface area contributed by atoms with Gasteiger partial charge in [-0.3, -0.25) is 0 Å². The highest BCUT2D eigenvalue weighted by atomic mass is 127. The monoisotopic (exact) mass is 536 g/mol. The van der Waals surface area contributed by atoms with Crippen LogP contribution in [0, 0.1) is 0 Å². The van der Waals surface area contributed by atoms with E-state index in [1.165, 1.54) is 10.8 Å². The first-order chi connectivity index (χ1) is 13.6. The molecule has 0 aliphatic rings. The van der Waals surface area contributed by atoms with Gasteiger partial charge in [0, 0.05) is 11.8 Å². The second-order valence-corrected chi connectivity index (χ2v) is 8.50. The highest BCUT2D eigenvalue weighted by molar-refractivity contribution is 14.1. The molecular formula is C18H17ClF3IN6. The number of hydrogen-bond donors (Lipinski definition) is 2. The third kappa shape index (κ3) is 4.92. The Morgan fingerprint density at radius 3 is 2.41 bits per heavy atom. The Bertz CT molecular complexity index is 1000. The lowest BCUT2D eigenvalue weighted by Gasteiger charge is -2.17. The Morgan fingerprint density at radius 2 is 1.83 bits per heavy atom. The molecule has 154 valence electrons. The van der Waals surface area contributed by atoms with Crippen molar-refractivity contribution in [1.29, 1.82) is 0 Å². The maximum absolute atomic E-state index is 13.1. The number of imidazole rings is 1. The Kier molecular flexibility index (Phi) is 6.22. The van der Waals surface area contributed by atoms with Crippen molar-refractivity contribution in [2.75, 3.05) is 11.1 Å². The molecule has 1 aromatic carbocycles. The van der Waals surface area contributed by atoms with Crippen LogP contribution < -0.4 is 11.1 Å². The summed E-state index contributed by atoms with van der Waals surface area (Å²) in [7, 11) is 0. The van der Waals surface area contributed by atoms with E-state index in [0.717, 1.165) is 11.8 Å². The van der Waals surface area contributed by atoms with Gasteiger partial charge in [0.15, 0.2) is 11.5 Å². The van der Waals surface area contributed by atoms with E-state index < -0.39 is 11.9 Å². The molecule has 0 radical (unpaired) electrons. The molecule has 0 saturated heterocycles. The Balaban J connectivity index is 1.87. The number of alkyl halides is 4. The number of hydrogen-bond acceptors (Lipinski definition) is 5. The van der Waals surface area contributed by atoms with Gasteiger partial charge in [0.05, 0.1) is 22.0 Å². The van der Waals surface area contributed by atoms with Crippen molar-refractivity contribution in [3.8, 4) is 11.4 Å². The Morgan fingerprint density at radius 1 is 1.17 bits per heavy atom. The number of nitrogen functional groups attached to an aromatic ring is 1. The maximum Gasteiger partial charge on any atom is 0.434 e. The molecule has 0 fully saturated rings. The maximum atomic E-state index is 13.1. The minimum Gasteiger partial charge on any atom is -0.394 e. The molecule has 0 spiro atoms. The molecule has 3 N–H and O–H groups in total. The largest absolute Gasteiger partial charge is 0.434 e. The van der Waals surface area contributed by atoms with Gasteiger partial charge < -0.3 is 15.6 Å². The lowest BCUT2D eigenvalue weighted by Crippen LogP contribution is -2.10. The van der Waals surface area contributed by atoms with E-state index in [-0.39, 0.29) is 21.2 Å². The summed E-state index contributed by atoms with van der Waals surface area (Å²) in [5, 5.41) is 3.22. The van der Waals surface area contributed by atoms with Crippen LogP contribution in [0.1, 0.15) is 35.2 Å². The van der Waals surface area contributed by atoms with Crippen molar-refractivity contribution < 1.29 is 13.2 Å². The predicted octanol–water partition coefficient (Wildman–Crippen LogP) is 5.72. The summed E-state index contributed by atoms with van der Waals surface area (Å²) in [6.07, 6.45) is -2.05. The fourth-order valence-electron chi connectivity index (χ4n) is 2.71. The normalized spacial score (nSPS) is 13.9. The van der Waals surface area contributed by atoms with Gasteiger partial charge in [-0.2, -0.15) is 18.2 Å². The van der Waals surface area contributed by atoms with Gasteiger partial charge in [-0.1, -0.05) is 46.9 Å². The topological polar surface area (TPSA) is 81.7 Å². The van der Waals surface area contributed by atoms with Crippen LogP contribution in [0.3, 0.4) is 0 Å². The molecule has 29 heavy (non-hydrogen) atoms. The molecule has 0 amide bonds. The van der Waals surface area contributed by atoms with Crippen molar-refractivity contribution in [3.63, 3.8) is 0 Å². The van der Waals surface area contributed by atoms with Crippen LogP contribution in [0.2, 0.25) is 5.28 Å². The second-order valence-electron chi connectivity index (χ2n) is 6.36. The van der Waals surface area contributed by atoms with Crippen molar-refractivity contribution in [3.05, 3.63) is 53.2 Å².